The predicted octanol–water partition coefficient (Wildman–Crippen LogP) is 5.91. The number of benzene rings is 1. The van der Waals surface area contributed by atoms with Gasteiger partial charge in [0.1, 0.15) is 22.6 Å². The Morgan fingerprint density at radius 1 is 0.824 bits per heavy atom. The van der Waals surface area contributed by atoms with Crippen molar-refractivity contribution in [3.63, 3.8) is 0 Å². The number of carbonyl (C=O) groups is 3. The number of amides is 3. The van der Waals surface area contributed by atoms with Crippen LogP contribution in [0.2, 0.25) is 0 Å². The van der Waals surface area contributed by atoms with Gasteiger partial charge in [-0.05, 0) is 74.4 Å². The van der Waals surface area contributed by atoms with E-state index in [4.69, 9.17) is 14.2 Å². The first-order chi connectivity index (χ1) is 15.2. The lowest BCUT2D eigenvalue weighted by Gasteiger charge is -2.30. The van der Waals surface area contributed by atoms with Gasteiger partial charge in [-0.25, -0.2) is 23.7 Å². The number of hydrogen-bond donors (Lipinski definition) is 1. The van der Waals surface area contributed by atoms with Crippen molar-refractivity contribution < 1.29 is 33.0 Å². The molecular weight excluding hydrogens is 445 g/mol. The molecule has 0 aliphatic carbocycles. The molecule has 0 saturated heterocycles. The van der Waals surface area contributed by atoms with Crippen LogP contribution in [0.15, 0.2) is 12.1 Å². The lowest BCUT2D eigenvalue weighted by Crippen LogP contribution is -2.43. The van der Waals surface area contributed by atoms with Crippen molar-refractivity contribution in [3.8, 4) is 0 Å². The molecule has 0 heterocycles. The highest BCUT2D eigenvalue weighted by molar-refractivity contribution is 5.90. The average molecular weight is 484 g/mol. The van der Waals surface area contributed by atoms with E-state index in [9.17, 15) is 18.8 Å². The number of ether oxygens (including phenoxy) is 3. The van der Waals surface area contributed by atoms with Gasteiger partial charge in [0.25, 0.3) is 0 Å². The van der Waals surface area contributed by atoms with E-state index in [1.165, 1.54) is 6.07 Å². The van der Waals surface area contributed by atoms with Gasteiger partial charge in [0.05, 0.1) is 12.2 Å². The molecule has 9 nitrogen and oxygen atoms in total. The Balaban J connectivity index is 3.55. The van der Waals surface area contributed by atoms with Crippen LogP contribution in [-0.4, -0.2) is 54.1 Å². The summed E-state index contributed by atoms with van der Waals surface area (Å²) in [5, 5.41) is 2.52. The Bertz CT molecular complexity index is 883. The molecule has 0 atom stereocenters. The zero-order chi connectivity index (χ0) is 26.6. The number of halogens is 1. The topological polar surface area (TPSA) is 97.4 Å². The fourth-order valence-electron chi connectivity index (χ4n) is 2.71. The van der Waals surface area contributed by atoms with Crippen molar-refractivity contribution in [2.24, 2.45) is 0 Å². The summed E-state index contributed by atoms with van der Waals surface area (Å²) < 4.78 is 30.5. The fourth-order valence-corrected chi connectivity index (χ4v) is 2.71. The van der Waals surface area contributed by atoms with E-state index in [1.54, 1.807) is 81.3 Å². The molecule has 34 heavy (non-hydrogen) atoms. The summed E-state index contributed by atoms with van der Waals surface area (Å²) in [6.07, 6.45) is -2.71. The number of nitrogens with zero attached hydrogens (tertiary/aromatic N) is 2. The van der Waals surface area contributed by atoms with Crippen LogP contribution in [-0.2, 0) is 20.8 Å². The molecule has 0 aromatic heterocycles. The molecule has 0 bridgehead atoms. The maximum atomic E-state index is 14.4. The van der Waals surface area contributed by atoms with E-state index in [1.807, 2.05) is 0 Å². The Kier molecular flexibility index (Phi) is 8.94. The van der Waals surface area contributed by atoms with Gasteiger partial charge in [-0.1, -0.05) is 0 Å². The lowest BCUT2D eigenvalue weighted by molar-refractivity contribution is -0.000183. The van der Waals surface area contributed by atoms with Gasteiger partial charge in [0, 0.05) is 25.3 Å². The molecule has 0 saturated carbocycles. The number of anilines is 2. The van der Waals surface area contributed by atoms with Crippen LogP contribution in [0.3, 0.4) is 0 Å². The third-order valence-electron chi connectivity index (χ3n) is 3.85. The van der Waals surface area contributed by atoms with E-state index >= 15 is 0 Å². The molecule has 0 unspecified atom stereocenters. The SMILES string of the molecule is CN(C)c1cc(F)cc(NC(=O)OC(C)(C)C)c1CN(C(=O)OC(C)(C)C)C(=O)OC(C)(C)C. The Labute approximate surface area is 201 Å². The monoisotopic (exact) mass is 483 g/mol. The zero-order valence-electron chi connectivity index (χ0n) is 22.1. The van der Waals surface area contributed by atoms with E-state index in [0.717, 1.165) is 11.0 Å². The second-order valence-electron chi connectivity index (χ2n) is 11.0. The van der Waals surface area contributed by atoms with Gasteiger partial charge in [0.15, 0.2) is 0 Å². The normalized spacial score (nSPS) is 12.0. The zero-order valence-corrected chi connectivity index (χ0v) is 22.1. The second kappa shape index (κ2) is 10.5. The summed E-state index contributed by atoms with van der Waals surface area (Å²) >= 11 is 0. The van der Waals surface area contributed by atoms with Crippen LogP contribution in [0, 0.1) is 5.82 Å². The summed E-state index contributed by atoms with van der Waals surface area (Å²) in [5.41, 5.74) is -1.90. The smallest absolute Gasteiger partial charge is 0.420 e. The average Bonchev–Trinajstić information content (AvgIpc) is 2.55. The van der Waals surface area contributed by atoms with E-state index in [-0.39, 0.29) is 17.8 Å². The van der Waals surface area contributed by atoms with E-state index < -0.39 is 40.9 Å². The maximum absolute atomic E-state index is 14.4. The molecule has 0 radical (unpaired) electrons. The largest absolute Gasteiger partial charge is 0.444 e. The van der Waals surface area contributed by atoms with Crippen molar-refractivity contribution >= 4 is 29.7 Å². The number of nitrogens with one attached hydrogen (secondary N) is 1. The van der Waals surface area contributed by atoms with Gasteiger partial charge < -0.3 is 19.1 Å². The van der Waals surface area contributed by atoms with Gasteiger partial charge in [0.2, 0.25) is 0 Å². The summed E-state index contributed by atoms with van der Waals surface area (Å²) in [4.78, 5) is 40.7. The third-order valence-corrected chi connectivity index (χ3v) is 3.85. The molecule has 0 aliphatic rings. The maximum Gasteiger partial charge on any atom is 0.420 e. The van der Waals surface area contributed by atoms with Gasteiger partial charge in [-0.15, -0.1) is 0 Å². The van der Waals surface area contributed by atoms with E-state index in [2.05, 4.69) is 5.32 Å². The molecule has 192 valence electrons. The van der Waals surface area contributed by atoms with Gasteiger partial charge in [-0.2, -0.15) is 0 Å². The number of imide groups is 1. The first-order valence-electron chi connectivity index (χ1n) is 10.9. The molecule has 0 spiro atoms. The van der Waals surface area contributed by atoms with Gasteiger partial charge in [-0.3, -0.25) is 5.32 Å². The fraction of sp³-hybridized carbons (Fsp3) is 0.625. The quantitative estimate of drug-likeness (QED) is 0.532. The standard InChI is InChI=1S/C24H38FN3O6/c1-22(2,3)32-19(29)26-17-12-15(25)13-18(27(10)11)16(17)14-28(20(30)33-23(4,5)6)21(31)34-24(7,8)9/h12-13H,14H2,1-11H3,(H,26,29). The summed E-state index contributed by atoms with van der Waals surface area (Å²) in [6.45, 7) is 14.7. The molecule has 1 rings (SSSR count). The summed E-state index contributed by atoms with van der Waals surface area (Å²) in [6, 6.07) is 2.33. The predicted molar refractivity (Wildman–Crippen MR) is 129 cm³/mol. The van der Waals surface area contributed by atoms with Crippen molar-refractivity contribution in [3.05, 3.63) is 23.5 Å². The van der Waals surface area contributed by atoms with Crippen molar-refractivity contribution in [1.82, 2.24) is 4.90 Å². The molecule has 1 N–H and O–H groups in total. The number of hydrogen-bond acceptors (Lipinski definition) is 7. The van der Waals surface area contributed by atoms with Crippen LogP contribution in [0.25, 0.3) is 0 Å². The minimum Gasteiger partial charge on any atom is -0.444 e. The molecule has 10 heteroatoms. The highest BCUT2D eigenvalue weighted by Crippen LogP contribution is 2.31. The molecule has 0 fully saturated rings. The first kappa shape index (κ1) is 29.0. The molecule has 1 aromatic rings. The summed E-state index contributed by atoms with van der Waals surface area (Å²) in [5.74, 6) is -0.625. The lowest BCUT2D eigenvalue weighted by atomic mass is 10.1. The number of carbonyl (C=O) groups excluding carboxylic acids is 3. The van der Waals surface area contributed by atoms with Crippen LogP contribution in [0.1, 0.15) is 67.9 Å². The van der Waals surface area contributed by atoms with E-state index in [0.29, 0.717) is 5.69 Å². The first-order valence-corrected chi connectivity index (χ1v) is 10.9. The van der Waals surface area contributed by atoms with Crippen molar-refractivity contribution in [1.29, 1.82) is 0 Å². The van der Waals surface area contributed by atoms with Crippen LogP contribution in [0.5, 0.6) is 0 Å². The highest BCUT2D eigenvalue weighted by Gasteiger charge is 2.33. The highest BCUT2D eigenvalue weighted by atomic mass is 19.1. The van der Waals surface area contributed by atoms with Crippen LogP contribution < -0.4 is 10.2 Å². The molecular formula is C24H38FN3O6. The van der Waals surface area contributed by atoms with Crippen molar-refractivity contribution in [2.75, 3.05) is 24.3 Å². The Hall–Kier alpha value is -3.04. The van der Waals surface area contributed by atoms with Gasteiger partial charge >= 0.3 is 18.3 Å². The second-order valence-corrected chi connectivity index (χ2v) is 11.0. The Morgan fingerprint density at radius 3 is 1.65 bits per heavy atom. The summed E-state index contributed by atoms with van der Waals surface area (Å²) in [7, 11) is 3.33. The third kappa shape index (κ3) is 9.84. The minimum atomic E-state index is -0.945. The minimum absolute atomic E-state index is 0.0371. The number of rotatable bonds is 4. The van der Waals surface area contributed by atoms with Crippen molar-refractivity contribution in [2.45, 2.75) is 85.7 Å². The van der Waals surface area contributed by atoms with Crippen LogP contribution in [0.4, 0.5) is 30.1 Å². The molecule has 1 aromatic carbocycles. The van der Waals surface area contributed by atoms with Crippen LogP contribution >= 0.6 is 0 Å². The molecule has 0 aliphatic heterocycles. The molecule has 3 amide bonds. The Morgan fingerprint density at radius 2 is 1.26 bits per heavy atom.